The zero-order valence-corrected chi connectivity index (χ0v) is 8.86. The van der Waals surface area contributed by atoms with E-state index in [9.17, 15) is 9.59 Å². The second kappa shape index (κ2) is 8.19. The average Bonchev–Trinajstić information content (AvgIpc) is 2.14. The molecule has 0 rings (SSSR count). The number of nitrogens with one attached hydrogen (secondary N) is 1. The summed E-state index contributed by atoms with van der Waals surface area (Å²) >= 11 is 0. The van der Waals surface area contributed by atoms with E-state index >= 15 is 0 Å². The van der Waals surface area contributed by atoms with E-state index in [2.05, 4.69) is 5.32 Å². The lowest BCUT2D eigenvalue weighted by Gasteiger charge is -2.08. The number of carboxylic acid groups (broad SMARTS) is 1. The van der Waals surface area contributed by atoms with Crippen LogP contribution in [0.3, 0.4) is 0 Å². The van der Waals surface area contributed by atoms with Gasteiger partial charge in [0, 0.05) is 26.1 Å². The molecule has 0 aliphatic rings. The molecule has 88 valence electrons. The van der Waals surface area contributed by atoms with Crippen molar-refractivity contribution in [2.45, 2.75) is 25.3 Å². The maximum Gasteiger partial charge on any atom is 0.304 e. The van der Waals surface area contributed by atoms with Gasteiger partial charge in [-0.2, -0.15) is 0 Å². The van der Waals surface area contributed by atoms with Crippen LogP contribution in [-0.2, 0) is 14.3 Å². The molecule has 4 N–H and O–H groups in total. The highest BCUT2D eigenvalue weighted by molar-refractivity contribution is 5.76. The topological polar surface area (TPSA) is 102 Å². The second-order valence-electron chi connectivity index (χ2n) is 3.24. The van der Waals surface area contributed by atoms with Crippen molar-refractivity contribution in [2.75, 3.05) is 20.3 Å². The van der Waals surface area contributed by atoms with Gasteiger partial charge in [-0.05, 0) is 6.42 Å². The van der Waals surface area contributed by atoms with Gasteiger partial charge in [-0.1, -0.05) is 0 Å². The van der Waals surface area contributed by atoms with E-state index in [4.69, 9.17) is 15.6 Å². The second-order valence-corrected chi connectivity index (χ2v) is 3.24. The quantitative estimate of drug-likeness (QED) is 0.469. The first-order valence-corrected chi connectivity index (χ1v) is 4.79. The normalized spacial score (nSPS) is 12.1. The number of methoxy groups -OCH3 is 1. The minimum absolute atomic E-state index is 0.106. The van der Waals surface area contributed by atoms with Gasteiger partial charge in [0.2, 0.25) is 5.91 Å². The van der Waals surface area contributed by atoms with E-state index < -0.39 is 12.0 Å². The number of amides is 1. The number of ether oxygens (including phenoxy) is 1. The summed E-state index contributed by atoms with van der Waals surface area (Å²) in [4.78, 5) is 21.4. The summed E-state index contributed by atoms with van der Waals surface area (Å²) in [6.45, 7) is 0.927. The third-order valence-corrected chi connectivity index (χ3v) is 1.81. The number of hydrogen-bond acceptors (Lipinski definition) is 4. The van der Waals surface area contributed by atoms with Crippen molar-refractivity contribution in [1.82, 2.24) is 5.32 Å². The molecule has 0 saturated carbocycles. The molecule has 0 heterocycles. The molecule has 0 aliphatic carbocycles. The maximum absolute atomic E-state index is 11.1. The fraction of sp³-hybridized carbons (Fsp3) is 0.778. The molecule has 0 bridgehead atoms. The molecule has 0 radical (unpaired) electrons. The van der Waals surface area contributed by atoms with E-state index in [-0.39, 0.29) is 18.7 Å². The van der Waals surface area contributed by atoms with Crippen molar-refractivity contribution in [3.8, 4) is 0 Å². The predicted octanol–water partition coefficient (Wildman–Crippen LogP) is -0.669. The van der Waals surface area contributed by atoms with Crippen molar-refractivity contribution in [2.24, 2.45) is 5.73 Å². The van der Waals surface area contributed by atoms with Gasteiger partial charge in [-0.25, -0.2) is 0 Å². The van der Waals surface area contributed by atoms with Gasteiger partial charge in [0.15, 0.2) is 0 Å². The predicted molar refractivity (Wildman–Crippen MR) is 54.3 cm³/mol. The summed E-state index contributed by atoms with van der Waals surface area (Å²) in [7, 11) is 1.55. The molecule has 0 fully saturated rings. The number of carbonyl (C=O) groups is 2. The summed E-state index contributed by atoms with van der Waals surface area (Å²) in [5, 5.41) is 11.1. The molecule has 1 amide bonds. The van der Waals surface area contributed by atoms with Crippen LogP contribution in [0.15, 0.2) is 0 Å². The molecule has 0 aromatic rings. The number of hydrogen-bond donors (Lipinski definition) is 3. The number of nitrogens with two attached hydrogens (primary N) is 1. The first-order chi connectivity index (χ1) is 7.06. The molecule has 0 spiro atoms. The van der Waals surface area contributed by atoms with Crippen LogP contribution >= 0.6 is 0 Å². The fourth-order valence-corrected chi connectivity index (χ4v) is 1.02. The third-order valence-electron chi connectivity index (χ3n) is 1.81. The molecule has 15 heavy (non-hydrogen) atoms. The highest BCUT2D eigenvalue weighted by Crippen LogP contribution is 1.98. The summed E-state index contributed by atoms with van der Waals surface area (Å²) in [6.07, 6.45) is 0.522. The van der Waals surface area contributed by atoms with Crippen molar-refractivity contribution in [3.63, 3.8) is 0 Å². The molecule has 6 nitrogen and oxygen atoms in total. The molecule has 0 aliphatic heterocycles. The summed E-state index contributed by atoms with van der Waals surface area (Å²) < 4.78 is 4.75. The summed E-state index contributed by atoms with van der Waals surface area (Å²) in [5.74, 6) is -1.07. The monoisotopic (exact) mass is 218 g/mol. The van der Waals surface area contributed by atoms with Crippen LogP contribution in [0.25, 0.3) is 0 Å². The molecule has 0 aromatic carbocycles. The van der Waals surface area contributed by atoms with Crippen LogP contribution in [0.1, 0.15) is 19.3 Å². The summed E-state index contributed by atoms with van der Waals surface area (Å²) in [6, 6.07) is -0.462. The van der Waals surface area contributed by atoms with Crippen LogP contribution in [-0.4, -0.2) is 43.3 Å². The number of rotatable bonds is 8. The Balaban J connectivity index is 3.48. The number of carbonyl (C=O) groups excluding carboxylic acids is 1. The van der Waals surface area contributed by atoms with Crippen molar-refractivity contribution < 1.29 is 19.4 Å². The number of carboxylic acids is 1. The van der Waals surface area contributed by atoms with Crippen LogP contribution < -0.4 is 11.1 Å². The van der Waals surface area contributed by atoms with Gasteiger partial charge >= 0.3 is 5.97 Å². The van der Waals surface area contributed by atoms with E-state index in [1.54, 1.807) is 7.11 Å². The lowest BCUT2D eigenvalue weighted by atomic mass is 10.1. The van der Waals surface area contributed by atoms with E-state index in [1.807, 2.05) is 0 Å². The highest BCUT2D eigenvalue weighted by atomic mass is 16.5. The van der Waals surface area contributed by atoms with Crippen molar-refractivity contribution >= 4 is 11.9 Å². The van der Waals surface area contributed by atoms with Crippen LogP contribution in [0.2, 0.25) is 0 Å². The minimum atomic E-state index is -0.942. The lowest BCUT2D eigenvalue weighted by molar-refractivity contribution is -0.137. The van der Waals surface area contributed by atoms with Gasteiger partial charge in [0.05, 0.1) is 13.0 Å². The molecule has 6 heteroatoms. The Morgan fingerprint density at radius 1 is 1.53 bits per heavy atom. The lowest BCUT2D eigenvalue weighted by Crippen LogP contribution is -2.30. The summed E-state index contributed by atoms with van der Waals surface area (Å²) in [5.41, 5.74) is 5.49. The van der Waals surface area contributed by atoms with E-state index in [1.165, 1.54) is 0 Å². The van der Waals surface area contributed by atoms with E-state index in [0.717, 1.165) is 0 Å². The zero-order valence-electron chi connectivity index (χ0n) is 8.86. The van der Waals surface area contributed by atoms with Gasteiger partial charge in [0.25, 0.3) is 0 Å². The number of aliphatic carboxylic acids is 1. The van der Waals surface area contributed by atoms with E-state index in [0.29, 0.717) is 19.6 Å². The SMILES string of the molecule is COCCNC(=O)CCC(N)CC(=O)O. The largest absolute Gasteiger partial charge is 0.481 e. The molecular formula is C9H18N2O4. The van der Waals surface area contributed by atoms with Crippen LogP contribution in [0.4, 0.5) is 0 Å². The van der Waals surface area contributed by atoms with Gasteiger partial charge < -0.3 is 20.9 Å². The Kier molecular flexibility index (Phi) is 7.57. The Labute approximate surface area is 88.8 Å². The van der Waals surface area contributed by atoms with Crippen LogP contribution in [0.5, 0.6) is 0 Å². The molecular weight excluding hydrogens is 200 g/mol. The van der Waals surface area contributed by atoms with Crippen molar-refractivity contribution in [1.29, 1.82) is 0 Å². The third kappa shape index (κ3) is 9.17. The standard InChI is InChI=1S/C9H18N2O4/c1-15-5-4-11-8(12)3-2-7(10)6-9(13)14/h7H,2-6,10H2,1H3,(H,11,12)(H,13,14). The Morgan fingerprint density at radius 3 is 2.73 bits per heavy atom. The average molecular weight is 218 g/mol. The molecule has 1 unspecified atom stereocenters. The highest BCUT2D eigenvalue weighted by Gasteiger charge is 2.10. The first kappa shape index (κ1) is 13.9. The van der Waals surface area contributed by atoms with Gasteiger partial charge in [-0.3, -0.25) is 9.59 Å². The Morgan fingerprint density at radius 2 is 2.20 bits per heavy atom. The molecule has 0 aromatic heterocycles. The van der Waals surface area contributed by atoms with Gasteiger partial charge in [0.1, 0.15) is 0 Å². The minimum Gasteiger partial charge on any atom is -0.481 e. The molecule has 0 saturated heterocycles. The maximum atomic E-state index is 11.1. The molecule has 1 atom stereocenters. The van der Waals surface area contributed by atoms with Crippen molar-refractivity contribution in [3.05, 3.63) is 0 Å². The fourth-order valence-electron chi connectivity index (χ4n) is 1.02. The first-order valence-electron chi connectivity index (χ1n) is 4.79. The zero-order chi connectivity index (χ0) is 11.7. The smallest absolute Gasteiger partial charge is 0.304 e. The Hall–Kier alpha value is -1.14. The van der Waals surface area contributed by atoms with Crippen LogP contribution in [0, 0.1) is 0 Å². The van der Waals surface area contributed by atoms with Gasteiger partial charge in [-0.15, -0.1) is 0 Å². The Bertz CT molecular complexity index is 208.